The summed E-state index contributed by atoms with van der Waals surface area (Å²) in [5.74, 6) is 5.13. The second-order valence-electron chi connectivity index (χ2n) is 2.77. The summed E-state index contributed by atoms with van der Waals surface area (Å²) in [6, 6.07) is 0. The summed E-state index contributed by atoms with van der Waals surface area (Å²) in [7, 11) is 0. The van der Waals surface area contributed by atoms with E-state index in [0.29, 0.717) is 0 Å². The van der Waals surface area contributed by atoms with Crippen molar-refractivity contribution in [1.82, 2.24) is 10.6 Å². The zero-order chi connectivity index (χ0) is 8.49. The molecule has 12 heavy (non-hydrogen) atoms. The maximum atomic E-state index is 3.26. The molecule has 0 aromatic carbocycles. The Bertz CT molecular complexity index is 58.0. The van der Waals surface area contributed by atoms with Gasteiger partial charge in [-0.15, -0.1) is 11.8 Å². The molecule has 0 aliphatic carbocycles. The van der Waals surface area contributed by atoms with Crippen molar-refractivity contribution in [3.05, 3.63) is 0 Å². The van der Waals surface area contributed by atoms with Crippen molar-refractivity contribution >= 4 is 23.5 Å². The second kappa shape index (κ2) is 8.23. The molecular weight excluding hydrogens is 188 g/mol. The van der Waals surface area contributed by atoms with Crippen molar-refractivity contribution in [2.75, 3.05) is 42.8 Å². The Balaban J connectivity index is 0.000000120. The molecule has 2 fully saturated rings. The predicted molar refractivity (Wildman–Crippen MR) is 60.1 cm³/mol. The molecule has 0 spiro atoms. The highest BCUT2D eigenvalue weighted by Crippen LogP contribution is 2.02. The van der Waals surface area contributed by atoms with E-state index >= 15 is 0 Å². The van der Waals surface area contributed by atoms with E-state index in [1.54, 1.807) is 0 Å². The van der Waals surface area contributed by atoms with Gasteiger partial charge in [0.15, 0.2) is 0 Å². The predicted octanol–water partition coefficient (Wildman–Crippen LogP) is 0.993. The first kappa shape index (κ1) is 10.7. The van der Waals surface area contributed by atoms with Crippen LogP contribution in [0.1, 0.15) is 6.42 Å². The Hall–Kier alpha value is 0.620. The first-order valence-corrected chi connectivity index (χ1v) is 6.88. The maximum absolute atomic E-state index is 3.26. The third-order valence-electron chi connectivity index (χ3n) is 1.69. The van der Waals surface area contributed by atoms with Crippen molar-refractivity contribution < 1.29 is 0 Å². The van der Waals surface area contributed by atoms with Crippen LogP contribution in [0, 0.1) is 0 Å². The van der Waals surface area contributed by atoms with Gasteiger partial charge in [0.25, 0.3) is 0 Å². The van der Waals surface area contributed by atoms with Gasteiger partial charge in [0.2, 0.25) is 0 Å². The Morgan fingerprint density at radius 2 is 1.58 bits per heavy atom. The standard InChI is InChI=1S/2C4H9NS/c1-3-6-4-2-5-1;1-2-5-4-6-3-1/h2*5H,1-4H2. The second-order valence-corrected chi connectivity index (χ2v) is 5.10. The Morgan fingerprint density at radius 1 is 0.750 bits per heavy atom. The van der Waals surface area contributed by atoms with E-state index in [-0.39, 0.29) is 0 Å². The zero-order valence-electron chi connectivity index (χ0n) is 7.47. The van der Waals surface area contributed by atoms with Crippen LogP contribution in [0.4, 0.5) is 0 Å². The van der Waals surface area contributed by atoms with Gasteiger partial charge in [-0.3, -0.25) is 0 Å². The summed E-state index contributed by atoms with van der Waals surface area (Å²) in [4.78, 5) is 0. The topological polar surface area (TPSA) is 24.1 Å². The van der Waals surface area contributed by atoms with Gasteiger partial charge >= 0.3 is 0 Å². The van der Waals surface area contributed by atoms with Gasteiger partial charge < -0.3 is 10.6 Å². The first-order valence-electron chi connectivity index (χ1n) is 4.57. The number of thioether (sulfide) groups is 2. The lowest BCUT2D eigenvalue weighted by Gasteiger charge is -2.08. The van der Waals surface area contributed by atoms with Crippen molar-refractivity contribution in [3.8, 4) is 0 Å². The van der Waals surface area contributed by atoms with E-state index in [1.165, 1.54) is 49.2 Å². The fraction of sp³-hybridized carbons (Fsp3) is 1.00. The number of hydrogen-bond acceptors (Lipinski definition) is 4. The highest BCUT2D eigenvalue weighted by molar-refractivity contribution is 7.99. The van der Waals surface area contributed by atoms with Crippen molar-refractivity contribution in [1.29, 1.82) is 0 Å². The van der Waals surface area contributed by atoms with Crippen molar-refractivity contribution in [2.45, 2.75) is 6.42 Å². The molecule has 0 radical (unpaired) electrons. The average molecular weight is 206 g/mol. The van der Waals surface area contributed by atoms with Gasteiger partial charge in [0.05, 0.1) is 0 Å². The van der Waals surface area contributed by atoms with Crippen LogP contribution in [0.3, 0.4) is 0 Å². The van der Waals surface area contributed by atoms with E-state index in [4.69, 9.17) is 0 Å². The minimum absolute atomic E-state index is 1.17. The number of hydrogen-bond donors (Lipinski definition) is 2. The van der Waals surface area contributed by atoms with Crippen LogP contribution in [-0.2, 0) is 0 Å². The van der Waals surface area contributed by atoms with Crippen LogP contribution >= 0.6 is 23.5 Å². The molecule has 0 aromatic rings. The molecule has 72 valence electrons. The van der Waals surface area contributed by atoms with Crippen LogP contribution in [0.5, 0.6) is 0 Å². The Labute approximate surface area is 83.6 Å². The molecule has 0 unspecified atom stereocenters. The van der Waals surface area contributed by atoms with Crippen molar-refractivity contribution in [2.24, 2.45) is 0 Å². The Kier molecular flexibility index (Phi) is 7.34. The summed E-state index contributed by atoms with van der Waals surface area (Å²) in [5, 5.41) is 6.51. The molecule has 2 aliphatic rings. The van der Waals surface area contributed by atoms with E-state index in [1.807, 2.05) is 23.5 Å². The van der Waals surface area contributed by atoms with Crippen LogP contribution in [0.2, 0.25) is 0 Å². The van der Waals surface area contributed by atoms with Crippen molar-refractivity contribution in [3.63, 3.8) is 0 Å². The number of rotatable bonds is 0. The van der Waals surface area contributed by atoms with E-state index in [2.05, 4.69) is 10.6 Å². The molecule has 0 aromatic heterocycles. The van der Waals surface area contributed by atoms with E-state index < -0.39 is 0 Å². The summed E-state index contributed by atoms with van der Waals surface area (Å²) < 4.78 is 0. The summed E-state index contributed by atoms with van der Waals surface area (Å²) >= 11 is 4.02. The van der Waals surface area contributed by atoms with Crippen LogP contribution in [0.15, 0.2) is 0 Å². The largest absolute Gasteiger partial charge is 0.315 e. The van der Waals surface area contributed by atoms with E-state index in [0.717, 1.165) is 0 Å². The van der Waals surface area contributed by atoms with E-state index in [9.17, 15) is 0 Å². The molecule has 2 aliphatic heterocycles. The molecule has 0 amide bonds. The monoisotopic (exact) mass is 206 g/mol. The van der Waals surface area contributed by atoms with Crippen LogP contribution < -0.4 is 10.6 Å². The smallest absolute Gasteiger partial charge is 0.0417 e. The number of nitrogens with one attached hydrogen (secondary N) is 2. The van der Waals surface area contributed by atoms with Gasteiger partial charge in [-0.25, -0.2) is 0 Å². The fourth-order valence-electron chi connectivity index (χ4n) is 1.03. The first-order chi connectivity index (χ1) is 6.00. The minimum atomic E-state index is 1.17. The SMILES string of the molecule is C1CNCSC1.C1CSCCN1. The zero-order valence-corrected chi connectivity index (χ0v) is 9.11. The quantitative estimate of drug-likeness (QED) is 0.617. The molecule has 2 saturated heterocycles. The van der Waals surface area contributed by atoms with Crippen LogP contribution in [-0.4, -0.2) is 42.8 Å². The summed E-state index contributed by atoms with van der Waals surface area (Å²) in [6.07, 6.45) is 1.35. The normalized spacial score (nSPS) is 24.0. The molecular formula is C8H18N2S2. The molecule has 2 rings (SSSR count). The highest BCUT2D eigenvalue weighted by atomic mass is 32.2. The van der Waals surface area contributed by atoms with Gasteiger partial charge in [-0.05, 0) is 18.7 Å². The molecule has 0 saturated carbocycles. The van der Waals surface area contributed by atoms with Gasteiger partial charge in [0.1, 0.15) is 0 Å². The molecule has 2 N–H and O–H groups in total. The average Bonchev–Trinajstić information content (AvgIpc) is 2.24. The minimum Gasteiger partial charge on any atom is -0.315 e. The maximum Gasteiger partial charge on any atom is 0.0417 e. The Morgan fingerprint density at radius 3 is 1.75 bits per heavy atom. The molecule has 2 heterocycles. The van der Waals surface area contributed by atoms with Gasteiger partial charge in [0, 0.05) is 30.5 Å². The fourth-order valence-corrected chi connectivity index (χ4v) is 2.59. The lowest BCUT2D eigenvalue weighted by Crippen LogP contribution is -2.24. The molecule has 0 atom stereocenters. The lowest BCUT2D eigenvalue weighted by atomic mass is 10.5. The lowest BCUT2D eigenvalue weighted by molar-refractivity contribution is 0.740. The summed E-state index contributed by atoms with van der Waals surface area (Å²) in [6.45, 7) is 3.66. The summed E-state index contributed by atoms with van der Waals surface area (Å²) in [5.41, 5.74) is 0. The van der Waals surface area contributed by atoms with Crippen LogP contribution in [0.25, 0.3) is 0 Å². The highest BCUT2D eigenvalue weighted by Gasteiger charge is 1.94. The third-order valence-corrected chi connectivity index (χ3v) is 3.66. The van der Waals surface area contributed by atoms with Gasteiger partial charge in [-0.1, -0.05) is 0 Å². The molecule has 0 bridgehead atoms. The molecule has 2 nitrogen and oxygen atoms in total. The molecule has 4 heteroatoms. The van der Waals surface area contributed by atoms with Gasteiger partial charge in [-0.2, -0.15) is 11.8 Å². The third kappa shape index (κ3) is 6.17.